The molecule has 0 unspecified atom stereocenters. The molecular formula is C14H25N3O2S. The monoisotopic (exact) mass is 299 g/mol. The van der Waals surface area contributed by atoms with Crippen LogP contribution < -0.4 is 5.32 Å². The first-order valence-corrected chi connectivity index (χ1v) is 8.69. The Hall–Kier alpha value is -0.850. The van der Waals surface area contributed by atoms with E-state index < -0.39 is 10.0 Å². The van der Waals surface area contributed by atoms with E-state index >= 15 is 0 Å². The average Bonchev–Trinajstić information content (AvgIpc) is 2.88. The van der Waals surface area contributed by atoms with Gasteiger partial charge in [-0.1, -0.05) is 6.92 Å². The van der Waals surface area contributed by atoms with Crippen molar-refractivity contribution in [1.29, 1.82) is 0 Å². The van der Waals surface area contributed by atoms with Crippen molar-refractivity contribution < 1.29 is 8.42 Å². The highest BCUT2D eigenvalue weighted by Crippen LogP contribution is 2.29. The average molecular weight is 299 g/mol. The highest BCUT2D eigenvalue weighted by Gasteiger charge is 2.31. The van der Waals surface area contributed by atoms with E-state index in [0.29, 0.717) is 11.4 Å². The van der Waals surface area contributed by atoms with Gasteiger partial charge in [0.1, 0.15) is 0 Å². The SMILES string of the molecule is CNCc1cc(S(=O)(=O)N(C)C2CCC(C)CC2)c[nH]1. The van der Waals surface area contributed by atoms with Gasteiger partial charge in [0, 0.05) is 31.5 Å². The third-order valence-electron chi connectivity index (χ3n) is 4.26. The third-order valence-corrected chi connectivity index (χ3v) is 6.15. The minimum atomic E-state index is -3.38. The number of nitrogens with zero attached hydrogens (tertiary/aromatic N) is 1. The van der Waals surface area contributed by atoms with Crippen LogP contribution in [0.2, 0.25) is 0 Å². The van der Waals surface area contributed by atoms with Gasteiger partial charge in [-0.3, -0.25) is 0 Å². The molecule has 0 atom stereocenters. The Kier molecular flexibility index (Phi) is 4.88. The van der Waals surface area contributed by atoms with Crippen molar-refractivity contribution in [2.45, 2.75) is 50.1 Å². The van der Waals surface area contributed by atoms with Gasteiger partial charge in [-0.15, -0.1) is 0 Å². The summed E-state index contributed by atoms with van der Waals surface area (Å²) in [5.41, 5.74) is 0.886. The molecule has 2 rings (SSSR count). The van der Waals surface area contributed by atoms with Gasteiger partial charge < -0.3 is 10.3 Å². The molecule has 0 saturated heterocycles. The summed E-state index contributed by atoms with van der Waals surface area (Å²) < 4.78 is 26.8. The largest absolute Gasteiger partial charge is 0.363 e. The summed E-state index contributed by atoms with van der Waals surface area (Å²) in [5.74, 6) is 0.719. The number of nitrogens with one attached hydrogen (secondary N) is 2. The van der Waals surface area contributed by atoms with E-state index in [-0.39, 0.29) is 6.04 Å². The second kappa shape index (κ2) is 6.28. The van der Waals surface area contributed by atoms with Crippen molar-refractivity contribution in [3.63, 3.8) is 0 Å². The summed E-state index contributed by atoms with van der Waals surface area (Å²) in [6.45, 7) is 2.88. The standard InChI is InChI=1S/C14H25N3O2S/c1-11-4-6-13(7-5-11)17(3)20(18,19)14-8-12(9-15-2)16-10-14/h8,10-11,13,15-16H,4-7,9H2,1-3H3. The van der Waals surface area contributed by atoms with Crippen molar-refractivity contribution in [2.75, 3.05) is 14.1 Å². The van der Waals surface area contributed by atoms with Crippen LogP contribution >= 0.6 is 0 Å². The van der Waals surface area contributed by atoms with Crippen molar-refractivity contribution in [3.8, 4) is 0 Å². The molecule has 1 fully saturated rings. The normalized spacial score (nSPS) is 24.2. The van der Waals surface area contributed by atoms with E-state index in [4.69, 9.17) is 0 Å². The Morgan fingerprint density at radius 2 is 2.00 bits per heavy atom. The molecule has 0 radical (unpaired) electrons. The molecule has 1 heterocycles. The lowest BCUT2D eigenvalue weighted by atomic mass is 9.87. The zero-order valence-corrected chi connectivity index (χ0v) is 13.3. The predicted octanol–water partition coefficient (Wildman–Crippen LogP) is 1.93. The van der Waals surface area contributed by atoms with Crippen molar-refractivity contribution in [1.82, 2.24) is 14.6 Å². The Balaban J connectivity index is 2.12. The molecule has 114 valence electrons. The Morgan fingerprint density at radius 1 is 1.35 bits per heavy atom. The second-order valence-electron chi connectivity index (χ2n) is 5.83. The van der Waals surface area contributed by atoms with E-state index in [1.165, 1.54) is 0 Å². The van der Waals surface area contributed by atoms with E-state index in [1.54, 1.807) is 23.6 Å². The van der Waals surface area contributed by atoms with Crippen LogP contribution in [0.4, 0.5) is 0 Å². The molecule has 0 aliphatic heterocycles. The van der Waals surface area contributed by atoms with Crippen LogP contribution in [0.1, 0.15) is 38.3 Å². The van der Waals surface area contributed by atoms with Crippen molar-refractivity contribution >= 4 is 10.0 Å². The molecule has 1 aromatic heterocycles. The summed E-state index contributed by atoms with van der Waals surface area (Å²) >= 11 is 0. The number of sulfonamides is 1. The summed E-state index contributed by atoms with van der Waals surface area (Å²) in [6.07, 6.45) is 5.74. The molecule has 1 aromatic rings. The lowest BCUT2D eigenvalue weighted by Gasteiger charge is -2.32. The maximum Gasteiger partial charge on any atom is 0.244 e. The first-order chi connectivity index (χ1) is 9.45. The molecule has 1 aliphatic rings. The van der Waals surface area contributed by atoms with E-state index in [1.807, 2.05) is 7.05 Å². The lowest BCUT2D eigenvalue weighted by Crippen LogP contribution is -2.39. The van der Waals surface area contributed by atoms with Gasteiger partial charge in [0.15, 0.2) is 0 Å². The van der Waals surface area contributed by atoms with Gasteiger partial charge in [0.2, 0.25) is 10.0 Å². The number of rotatable bonds is 5. The van der Waals surface area contributed by atoms with Crippen LogP contribution in [0, 0.1) is 5.92 Å². The van der Waals surface area contributed by atoms with Gasteiger partial charge in [0.05, 0.1) is 4.90 Å². The minimum absolute atomic E-state index is 0.138. The van der Waals surface area contributed by atoms with Crippen molar-refractivity contribution in [2.24, 2.45) is 5.92 Å². The van der Waals surface area contributed by atoms with E-state index in [2.05, 4.69) is 17.2 Å². The first kappa shape index (κ1) is 15.5. The number of hydrogen-bond acceptors (Lipinski definition) is 3. The summed E-state index contributed by atoms with van der Waals surface area (Å²) in [4.78, 5) is 3.37. The molecule has 1 saturated carbocycles. The molecule has 20 heavy (non-hydrogen) atoms. The molecule has 1 aliphatic carbocycles. The van der Waals surface area contributed by atoms with Gasteiger partial charge in [-0.2, -0.15) is 4.31 Å². The fourth-order valence-corrected chi connectivity index (χ4v) is 4.26. The quantitative estimate of drug-likeness (QED) is 0.873. The molecular weight excluding hydrogens is 274 g/mol. The predicted molar refractivity (Wildman–Crippen MR) is 79.9 cm³/mol. The minimum Gasteiger partial charge on any atom is -0.363 e. The Morgan fingerprint density at radius 3 is 2.60 bits per heavy atom. The van der Waals surface area contributed by atoms with Gasteiger partial charge in [-0.05, 0) is 44.7 Å². The summed E-state index contributed by atoms with van der Waals surface area (Å²) in [6, 6.07) is 1.85. The van der Waals surface area contributed by atoms with Crippen LogP contribution in [-0.2, 0) is 16.6 Å². The topological polar surface area (TPSA) is 65.2 Å². The molecule has 0 spiro atoms. The van der Waals surface area contributed by atoms with Crippen LogP contribution in [0.15, 0.2) is 17.2 Å². The highest BCUT2D eigenvalue weighted by molar-refractivity contribution is 7.89. The molecule has 2 N–H and O–H groups in total. The van der Waals surface area contributed by atoms with Gasteiger partial charge in [0.25, 0.3) is 0 Å². The molecule has 0 bridgehead atoms. The van der Waals surface area contributed by atoms with Crippen LogP contribution in [0.3, 0.4) is 0 Å². The number of aromatic amines is 1. The van der Waals surface area contributed by atoms with Crippen LogP contribution in [0.25, 0.3) is 0 Å². The van der Waals surface area contributed by atoms with Crippen molar-refractivity contribution in [3.05, 3.63) is 18.0 Å². The maximum atomic E-state index is 12.6. The van der Waals surface area contributed by atoms with Crippen LogP contribution in [0.5, 0.6) is 0 Å². The Bertz CT molecular complexity index is 530. The zero-order valence-electron chi connectivity index (χ0n) is 12.5. The van der Waals surface area contributed by atoms with Gasteiger partial charge >= 0.3 is 0 Å². The third kappa shape index (κ3) is 3.24. The number of hydrogen-bond donors (Lipinski definition) is 2. The number of aromatic nitrogens is 1. The fraction of sp³-hybridized carbons (Fsp3) is 0.714. The van der Waals surface area contributed by atoms with Crippen LogP contribution in [-0.4, -0.2) is 37.8 Å². The maximum absolute atomic E-state index is 12.6. The smallest absolute Gasteiger partial charge is 0.244 e. The highest BCUT2D eigenvalue weighted by atomic mass is 32.2. The molecule has 5 nitrogen and oxygen atoms in total. The molecule has 0 amide bonds. The van der Waals surface area contributed by atoms with E-state index in [0.717, 1.165) is 37.3 Å². The summed E-state index contributed by atoms with van der Waals surface area (Å²) in [5, 5.41) is 3.01. The summed E-state index contributed by atoms with van der Waals surface area (Å²) in [7, 11) is 0.167. The molecule has 0 aromatic carbocycles. The second-order valence-corrected chi connectivity index (χ2v) is 7.82. The molecule has 6 heteroatoms. The first-order valence-electron chi connectivity index (χ1n) is 7.25. The van der Waals surface area contributed by atoms with Gasteiger partial charge in [-0.25, -0.2) is 8.42 Å². The number of H-pyrrole nitrogens is 1. The fourth-order valence-electron chi connectivity index (χ4n) is 2.83. The lowest BCUT2D eigenvalue weighted by molar-refractivity contribution is 0.246. The zero-order chi connectivity index (χ0) is 14.8. The Labute approximate surface area is 121 Å². The van der Waals surface area contributed by atoms with E-state index in [9.17, 15) is 8.42 Å².